The molecule has 5 nitrogen and oxygen atoms in total. The summed E-state index contributed by atoms with van der Waals surface area (Å²) in [5, 5.41) is 2.73. The summed E-state index contributed by atoms with van der Waals surface area (Å²) in [4.78, 5) is 24.4. The molecule has 0 spiro atoms. The maximum Gasteiger partial charge on any atom is 0.573 e. The number of carbonyl (C=O) groups excluding carboxylic acids is 2. The van der Waals surface area contributed by atoms with Gasteiger partial charge in [0, 0.05) is 12.1 Å². The molecule has 160 valence electrons. The second-order valence-corrected chi connectivity index (χ2v) is 8.35. The van der Waals surface area contributed by atoms with Crippen molar-refractivity contribution in [2.24, 2.45) is 5.41 Å². The quantitative estimate of drug-likeness (QED) is 0.698. The summed E-state index contributed by atoms with van der Waals surface area (Å²) in [7, 11) is 0. The van der Waals surface area contributed by atoms with Crippen LogP contribution in [0.25, 0.3) is 11.1 Å². The minimum Gasteiger partial charge on any atom is -0.452 e. The summed E-state index contributed by atoms with van der Waals surface area (Å²) in [6.07, 6.45) is -5.26. The molecule has 2 aromatic carbocycles. The van der Waals surface area contributed by atoms with E-state index in [4.69, 9.17) is 4.74 Å². The van der Waals surface area contributed by atoms with Crippen LogP contribution >= 0.6 is 0 Å². The monoisotopic (exact) mass is 421 g/mol. The van der Waals surface area contributed by atoms with E-state index in [-0.39, 0.29) is 29.9 Å². The van der Waals surface area contributed by atoms with Crippen LogP contribution in [0.1, 0.15) is 32.8 Å². The standard InChI is InChI=1S/C22H22F3NO4/c1-21(2,3)12-19(27)29-18-11-15-10-14(6-9-17(15)26-20(18)28)13-4-7-16(8-5-13)30-22(23,24)25/h4-10,18H,11-12H2,1-3H3,(H,26,28). The van der Waals surface area contributed by atoms with Crippen molar-refractivity contribution in [3.05, 3.63) is 48.0 Å². The first-order valence-electron chi connectivity index (χ1n) is 9.39. The Balaban J connectivity index is 1.75. The normalized spacial score (nSPS) is 16.5. The zero-order valence-corrected chi connectivity index (χ0v) is 16.8. The Morgan fingerprint density at radius 1 is 1.07 bits per heavy atom. The van der Waals surface area contributed by atoms with Gasteiger partial charge < -0.3 is 14.8 Å². The highest BCUT2D eigenvalue weighted by molar-refractivity contribution is 5.98. The average molecular weight is 421 g/mol. The lowest BCUT2D eigenvalue weighted by Crippen LogP contribution is -2.38. The first-order chi connectivity index (χ1) is 13.9. The van der Waals surface area contributed by atoms with Crippen LogP contribution in [0.5, 0.6) is 5.75 Å². The van der Waals surface area contributed by atoms with E-state index in [0.29, 0.717) is 11.3 Å². The molecule has 2 aromatic rings. The molecule has 1 unspecified atom stereocenters. The third-order valence-corrected chi connectivity index (χ3v) is 4.43. The van der Waals surface area contributed by atoms with Crippen LogP contribution in [0.3, 0.4) is 0 Å². The van der Waals surface area contributed by atoms with E-state index < -0.39 is 18.4 Å². The minimum atomic E-state index is -4.75. The van der Waals surface area contributed by atoms with Gasteiger partial charge >= 0.3 is 12.3 Å². The van der Waals surface area contributed by atoms with Crippen LogP contribution in [-0.2, 0) is 20.7 Å². The molecule has 0 fully saturated rings. The van der Waals surface area contributed by atoms with Gasteiger partial charge in [-0.3, -0.25) is 9.59 Å². The van der Waals surface area contributed by atoms with Gasteiger partial charge in [0.15, 0.2) is 6.10 Å². The highest BCUT2D eigenvalue weighted by atomic mass is 19.4. The predicted molar refractivity (Wildman–Crippen MR) is 105 cm³/mol. The summed E-state index contributed by atoms with van der Waals surface area (Å²) in [6.45, 7) is 5.71. The lowest BCUT2D eigenvalue weighted by molar-refractivity contribution is -0.274. The van der Waals surface area contributed by atoms with Crippen molar-refractivity contribution < 1.29 is 32.2 Å². The largest absolute Gasteiger partial charge is 0.573 e. The van der Waals surface area contributed by atoms with E-state index in [2.05, 4.69) is 10.1 Å². The Morgan fingerprint density at radius 3 is 2.30 bits per heavy atom. The van der Waals surface area contributed by atoms with Crippen molar-refractivity contribution in [1.29, 1.82) is 0 Å². The summed E-state index contributed by atoms with van der Waals surface area (Å²) in [5.74, 6) is -1.13. The minimum absolute atomic E-state index is 0.190. The van der Waals surface area contributed by atoms with Gasteiger partial charge in [0.25, 0.3) is 5.91 Å². The maximum absolute atomic E-state index is 12.3. The van der Waals surface area contributed by atoms with Crippen LogP contribution < -0.4 is 10.1 Å². The Bertz CT molecular complexity index is 946. The number of nitrogens with one attached hydrogen (secondary N) is 1. The number of hydrogen-bond donors (Lipinski definition) is 1. The lowest BCUT2D eigenvalue weighted by Gasteiger charge is -2.26. The Kier molecular flexibility index (Phi) is 5.78. The first kappa shape index (κ1) is 21.7. The van der Waals surface area contributed by atoms with Gasteiger partial charge in [0.1, 0.15) is 5.75 Å². The van der Waals surface area contributed by atoms with Crippen molar-refractivity contribution in [1.82, 2.24) is 0 Å². The molecule has 0 aromatic heterocycles. The third kappa shape index (κ3) is 5.75. The molecule has 30 heavy (non-hydrogen) atoms. The van der Waals surface area contributed by atoms with Crippen molar-refractivity contribution >= 4 is 17.6 Å². The molecule has 0 saturated heterocycles. The number of rotatable bonds is 4. The van der Waals surface area contributed by atoms with Crippen molar-refractivity contribution in [2.45, 2.75) is 46.1 Å². The van der Waals surface area contributed by atoms with Gasteiger partial charge in [0.05, 0.1) is 6.42 Å². The number of carbonyl (C=O) groups is 2. The number of amides is 1. The van der Waals surface area contributed by atoms with E-state index in [0.717, 1.165) is 11.1 Å². The smallest absolute Gasteiger partial charge is 0.452 e. The maximum atomic E-state index is 12.3. The van der Waals surface area contributed by atoms with Gasteiger partial charge in [0.2, 0.25) is 0 Å². The highest BCUT2D eigenvalue weighted by Crippen LogP contribution is 2.32. The van der Waals surface area contributed by atoms with E-state index in [1.807, 2.05) is 26.8 Å². The molecular formula is C22H22F3NO4. The molecule has 0 radical (unpaired) electrons. The van der Waals surface area contributed by atoms with Crippen LogP contribution in [0.2, 0.25) is 0 Å². The van der Waals surface area contributed by atoms with Crippen LogP contribution in [-0.4, -0.2) is 24.3 Å². The van der Waals surface area contributed by atoms with Gasteiger partial charge in [-0.25, -0.2) is 0 Å². The number of halogens is 3. The average Bonchev–Trinajstić information content (AvgIpc) is 2.60. The molecule has 0 aliphatic carbocycles. The second-order valence-electron chi connectivity index (χ2n) is 8.35. The number of fused-ring (bicyclic) bond motifs is 1. The number of anilines is 1. The number of hydrogen-bond acceptors (Lipinski definition) is 4. The topological polar surface area (TPSA) is 64.6 Å². The summed E-state index contributed by atoms with van der Waals surface area (Å²) in [5.41, 5.74) is 2.57. The van der Waals surface area contributed by atoms with E-state index in [9.17, 15) is 22.8 Å². The zero-order chi connectivity index (χ0) is 22.1. The predicted octanol–water partition coefficient (Wildman–Crippen LogP) is 5.09. The fraction of sp³-hybridized carbons (Fsp3) is 0.364. The third-order valence-electron chi connectivity index (χ3n) is 4.43. The Morgan fingerprint density at radius 2 is 1.70 bits per heavy atom. The van der Waals surface area contributed by atoms with Crippen molar-refractivity contribution in [3.8, 4) is 16.9 Å². The summed E-state index contributed by atoms with van der Waals surface area (Å²) >= 11 is 0. The van der Waals surface area contributed by atoms with Gasteiger partial charge in [-0.05, 0) is 46.4 Å². The summed E-state index contributed by atoms with van der Waals surface area (Å²) < 4.78 is 46.2. The number of benzene rings is 2. The van der Waals surface area contributed by atoms with Crippen molar-refractivity contribution in [2.75, 3.05) is 5.32 Å². The molecular weight excluding hydrogens is 399 g/mol. The second kappa shape index (κ2) is 8.01. The highest BCUT2D eigenvalue weighted by Gasteiger charge is 2.32. The SMILES string of the molecule is CC(C)(C)CC(=O)OC1Cc2cc(-c3ccc(OC(F)(F)F)cc3)ccc2NC1=O. The van der Waals surface area contributed by atoms with Crippen LogP contribution in [0.4, 0.5) is 18.9 Å². The van der Waals surface area contributed by atoms with Crippen LogP contribution in [0.15, 0.2) is 42.5 Å². The molecule has 8 heteroatoms. The van der Waals surface area contributed by atoms with Gasteiger partial charge in [-0.15, -0.1) is 13.2 Å². The molecule has 1 aliphatic heterocycles. The number of ether oxygens (including phenoxy) is 2. The number of alkyl halides is 3. The molecule has 1 heterocycles. The molecule has 3 rings (SSSR count). The Labute approximate surface area is 172 Å². The molecule has 1 atom stereocenters. The molecule has 1 amide bonds. The first-order valence-corrected chi connectivity index (χ1v) is 9.39. The van der Waals surface area contributed by atoms with Gasteiger partial charge in [-0.2, -0.15) is 0 Å². The van der Waals surface area contributed by atoms with E-state index in [1.54, 1.807) is 12.1 Å². The van der Waals surface area contributed by atoms with Crippen molar-refractivity contribution in [3.63, 3.8) is 0 Å². The van der Waals surface area contributed by atoms with E-state index in [1.165, 1.54) is 24.3 Å². The van der Waals surface area contributed by atoms with E-state index >= 15 is 0 Å². The molecule has 1 N–H and O–H groups in total. The zero-order valence-electron chi connectivity index (χ0n) is 16.8. The lowest BCUT2D eigenvalue weighted by atomic mass is 9.92. The summed E-state index contributed by atoms with van der Waals surface area (Å²) in [6, 6.07) is 10.8. The fourth-order valence-corrected chi connectivity index (χ4v) is 3.15. The molecule has 0 bridgehead atoms. The van der Waals surface area contributed by atoms with Gasteiger partial charge in [-0.1, -0.05) is 39.0 Å². The Hall–Kier alpha value is -3.03. The number of esters is 1. The van der Waals surface area contributed by atoms with Crippen LogP contribution in [0, 0.1) is 5.41 Å². The molecule has 1 aliphatic rings. The molecule has 0 saturated carbocycles. The fourth-order valence-electron chi connectivity index (χ4n) is 3.15.